The highest BCUT2D eigenvalue weighted by Crippen LogP contribution is 2.30. The van der Waals surface area contributed by atoms with Crippen molar-refractivity contribution < 1.29 is 0 Å². The maximum absolute atomic E-state index is 6.05. The third kappa shape index (κ3) is 2.14. The Kier molecular flexibility index (Phi) is 2.96. The molecule has 0 amide bonds. The molecule has 4 heteroatoms. The molecule has 2 rings (SSSR count). The van der Waals surface area contributed by atoms with Crippen LogP contribution in [0.15, 0.2) is 18.2 Å². The summed E-state index contributed by atoms with van der Waals surface area (Å²) in [4.78, 5) is 4.51. The Labute approximate surface area is 98.1 Å². The minimum atomic E-state index is 0.0150. The Morgan fingerprint density at radius 2 is 2.13 bits per heavy atom. The third-order valence-electron chi connectivity index (χ3n) is 2.37. The van der Waals surface area contributed by atoms with Gasteiger partial charge < -0.3 is 5.73 Å². The summed E-state index contributed by atoms with van der Waals surface area (Å²) < 4.78 is 1.11. The molecule has 0 spiro atoms. The number of benzene rings is 1. The second-order valence-electron chi connectivity index (χ2n) is 3.93. The van der Waals surface area contributed by atoms with Gasteiger partial charge in [-0.1, -0.05) is 25.4 Å². The SMILES string of the molecule is CC(C)C(N)c1nc2ccc(Cl)cc2s1. The van der Waals surface area contributed by atoms with Crippen LogP contribution in [-0.2, 0) is 0 Å². The molecule has 0 aliphatic rings. The summed E-state index contributed by atoms with van der Waals surface area (Å²) in [6, 6.07) is 5.74. The molecule has 1 aromatic carbocycles. The van der Waals surface area contributed by atoms with Gasteiger partial charge in [0.1, 0.15) is 5.01 Å². The van der Waals surface area contributed by atoms with Crippen molar-refractivity contribution in [3.63, 3.8) is 0 Å². The van der Waals surface area contributed by atoms with E-state index in [4.69, 9.17) is 17.3 Å². The van der Waals surface area contributed by atoms with Gasteiger partial charge in [-0.3, -0.25) is 0 Å². The van der Waals surface area contributed by atoms with Gasteiger partial charge >= 0.3 is 0 Å². The molecule has 0 fully saturated rings. The largest absolute Gasteiger partial charge is 0.322 e. The highest BCUT2D eigenvalue weighted by molar-refractivity contribution is 7.18. The van der Waals surface area contributed by atoms with E-state index in [1.54, 1.807) is 11.3 Å². The maximum atomic E-state index is 6.05. The lowest BCUT2D eigenvalue weighted by molar-refractivity contribution is 0.513. The number of hydrogen-bond donors (Lipinski definition) is 1. The van der Waals surface area contributed by atoms with Crippen LogP contribution in [0.1, 0.15) is 24.9 Å². The van der Waals surface area contributed by atoms with E-state index in [9.17, 15) is 0 Å². The van der Waals surface area contributed by atoms with E-state index >= 15 is 0 Å². The van der Waals surface area contributed by atoms with E-state index in [0.29, 0.717) is 5.92 Å². The minimum absolute atomic E-state index is 0.0150. The van der Waals surface area contributed by atoms with Gasteiger partial charge in [-0.15, -0.1) is 11.3 Å². The molecule has 1 atom stereocenters. The first kappa shape index (κ1) is 10.9. The zero-order valence-corrected chi connectivity index (χ0v) is 10.3. The molecule has 0 aliphatic heterocycles. The summed E-state index contributed by atoms with van der Waals surface area (Å²) in [7, 11) is 0. The van der Waals surface area contributed by atoms with Gasteiger partial charge in [0.2, 0.25) is 0 Å². The highest BCUT2D eigenvalue weighted by atomic mass is 35.5. The monoisotopic (exact) mass is 240 g/mol. The van der Waals surface area contributed by atoms with Gasteiger partial charge in [-0.05, 0) is 24.1 Å². The Hall–Kier alpha value is -0.640. The minimum Gasteiger partial charge on any atom is -0.322 e. The number of rotatable bonds is 2. The standard InChI is InChI=1S/C11H13ClN2S/c1-6(2)10(13)11-14-8-4-3-7(12)5-9(8)15-11/h3-6,10H,13H2,1-2H3. The normalized spacial score (nSPS) is 13.7. The van der Waals surface area contributed by atoms with Gasteiger partial charge in [-0.2, -0.15) is 0 Å². The zero-order chi connectivity index (χ0) is 11.0. The van der Waals surface area contributed by atoms with Crippen LogP contribution < -0.4 is 5.73 Å². The number of hydrogen-bond acceptors (Lipinski definition) is 3. The molecule has 0 aliphatic carbocycles. The fraction of sp³-hybridized carbons (Fsp3) is 0.364. The highest BCUT2D eigenvalue weighted by Gasteiger charge is 2.15. The molecule has 1 heterocycles. The molecular formula is C11H13ClN2S. The average Bonchev–Trinajstić information content (AvgIpc) is 2.58. The number of fused-ring (bicyclic) bond motifs is 1. The van der Waals surface area contributed by atoms with Crippen molar-refractivity contribution in [3.05, 3.63) is 28.2 Å². The number of halogens is 1. The van der Waals surface area contributed by atoms with Gasteiger partial charge in [0.25, 0.3) is 0 Å². The lowest BCUT2D eigenvalue weighted by Crippen LogP contribution is -2.16. The first-order valence-corrected chi connectivity index (χ1v) is 6.09. The molecule has 80 valence electrons. The Balaban J connectivity index is 2.47. The fourth-order valence-corrected chi connectivity index (χ4v) is 2.76. The molecular weight excluding hydrogens is 228 g/mol. The summed E-state index contributed by atoms with van der Waals surface area (Å²) in [5, 5.41) is 1.73. The lowest BCUT2D eigenvalue weighted by atomic mass is 10.1. The van der Waals surface area contributed by atoms with Crippen LogP contribution in [0.25, 0.3) is 10.2 Å². The van der Waals surface area contributed by atoms with Gasteiger partial charge in [-0.25, -0.2) is 4.98 Å². The van der Waals surface area contributed by atoms with Crippen LogP contribution in [0, 0.1) is 5.92 Å². The molecule has 1 aromatic heterocycles. The molecule has 15 heavy (non-hydrogen) atoms. The summed E-state index contributed by atoms with van der Waals surface area (Å²) in [5.74, 6) is 0.404. The second kappa shape index (κ2) is 4.08. The van der Waals surface area contributed by atoms with Crippen molar-refractivity contribution in [1.82, 2.24) is 4.98 Å². The van der Waals surface area contributed by atoms with Crippen LogP contribution in [0.5, 0.6) is 0 Å². The Morgan fingerprint density at radius 1 is 1.40 bits per heavy atom. The van der Waals surface area contributed by atoms with Crippen molar-refractivity contribution in [2.75, 3.05) is 0 Å². The van der Waals surface area contributed by atoms with E-state index in [-0.39, 0.29) is 6.04 Å². The van der Waals surface area contributed by atoms with Crippen LogP contribution in [-0.4, -0.2) is 4.98 Å². The Bertz CT molecular complexity index is 478. The third-order valence-corrected chi connectivity index (χ3v) is 3.73. The van der Waals surface area contributed by atoms with E-state index in [1.165, 1.54) is 0 Å². The molecule has 1 unspecified atom stereocenters. The summed E-state index contributed by atoms with van der Waals surface area (Å²) in [5.41, 5.74) is 7.04. The molecule has 2 N–H and O–H groups in total. The molecule has 0 bridgehead atoms. The molecule has 0 radical (unpaired) electrons. The topological polar surface area (TPSA) is 38.9 Å². The predicted octanol–water partition coefficient (Wildman–Crippen LogP) is 3.61. The molecule has 2 nitrogen and oxygen atoms in total. The van der Waals surface area contributed by atoms with Crippen molar-refractivity contribution in [2.24, 2.45) is 11.7 Å². The van der Waals surface area contributed by atoms with Gasteiger partial charge in [0.05, 0.1) is 16.3 Å². The number of aromatic nitrogens is 1. The number of nitrogens with zero attached hydrogens (tertiary/aromatic N) is 1. The fourth-order valence-electron chi connectivity index (χ4n) is 1.34. The molecule has 0 saturated heterocycles. The van der Waals surface area contributed by atoms with E-state index < -0.39 is 0 Å². The van der Waals surface area contributed by atoms with Crippen molar-refractivity contribution in [3.8, 4) is 0 Å². The quantitative estimate of drug-likeness (QED) is 0.871. The van der Waals surface area contributed by atoms with E-state index in [0.717, 1.165) is 20.2 Å². The smallest absolute Gasteiger partial charge is 0.111 e. The van der Waals surface area contributed by atoms with Gasteiger partial charge in [0.15, 0.2) is 0 Å². The first-order valence-electron chi connectivity index (χ1n) is 4.89. The van der Waals surface area contributed by atoms with Crippen molar-refractivity contribution in [1.29, 1.82) is 0 Å². The average molecular weight is 241 g/mol. The molecule has 2 aromatic rings. The number of nitrogens with two attached hydrogens (primary N) is 1. The van der Waals surface area contributed by atoms with Gasteiger partial charge in [0, 0.05) is 5.02 Å². The van der Waals surface area contributed by atoms with Crippen LogP contribution in [0.2, 0.25) is 5.02 Å². The Morgan fingerprint density at radius 3 is 2.80 bits per heavy atom. The second-order valence-corrected chi connectivity index (χ2v) is 5.43. The maximum Gasteiger partial charge on any atom is 0.111 e. The van der Waals surface area contributed by atoms with E-state index in [1.807, 2.05) is 18.2 Å². The molecule has 0 saturated carbocycles. The lowest BCUT2D eigenvalue weighted by Gasteiger charge is -2.11. The van der Waals surface area contributed by atoms with Crippen molar-refractivity contribution in [2.45, 2.75) is 19.9 Å². The first-order chi connectivity index (χ1) is 7.08. The summed E-state index contributed by atoms with van der Waals surface area (Å²) in [6.07, 6.45) is 0. The van der Waals surface area contributed by atoms with Crippen molar-refractivity contribution >= 4 is 33.2 Å². The predicted molar refractivity (Wildman–Crippen MR) is 66.4 cm³/mol. The van der Waals surface area contributed by atoms with Crippen LogP contribution >= 0.6 is 22.9 Å². The summed E-state index contributed by atoms with van der Waals surface area (Å²) in [6.45, 7) is 4.20. The zero-order valence-electron chi connectivity index (χ0n) is 8.70. The van der Waals surface area contributed by atoms with Crippen LogP contribution in [0.3, 0.4) is 0 Å². The summed E-state index contributed by atoms with van der Waals surface area (Å²) >= 11 is 7.55. The van der Waals surface area contributed by atoms with E-state index in [2.05, 4.69) is 18.8 Å². The number of thiazole rings is 1. The van der Waals surface area contributed by atoms with Crippen LogP contribution in [0.4, 0.5) is 0 Å².